The van der Waals surface area contributed by atoms with E-state index in [9.17, 15) is 0 Å². The molecule has 0 aliphatic carbocycles. The summed E-state index contributed by atoms with van der Waals surface area (Å²) in [4.78, 5) is 0. The molecule has 0 radical (unpaired) electrons. The lowest BCUT2D eigenvalue weighted by molar-refractivity contribution is 0.281. The van der Waals surface area contributed by atoms with Crippen LogP contribution in [0.1, 0.15) is 13.3 Å². The fraction of sp³-hybridized carbons (Fsp3) is 0.333. The van der Waals surface area contributed by atoms with E-state index in [0.717, 1.165) is 0 Å². The van der Waals surface area contributed by atoms with Crippen LogP contribution < -0.4 is 0 Å². The van der Waals surface area contributed by atoms with Crippen LogP contribution in [0.3, 0.4) is 0 Å². The summed E-state index contributed by atoms with van der Waals surface area (Å²) in [5, 5.41) is 8.93. The summed E-state index contributed by atoms with van der Waals surface area (Å²) in [5.74, 6) is 5.48. The number of halogens is 1. The van der Waals surface area contributed by atoms with Crippen molar-refractivity contribution in [3.05, 3.63) is 22.3 Å². The first kappa shape index (κ1) is 10.7. The highest BCUT2D eigenvalue weighted by molar-refractivity contribution is 14.1. The van der Waals surface area contributed by atoms with Crippen LogP contribution in [0.4, 0.5) is 0 Å². The molecule has 0 unspecified atom stereocenters. The van der Waals surface area contributed by atoms with Gasteiger partial charge in [-0.25, -0.2) is 0 Å². The Labute approximate surface area is 81.3 Å². The first-order valence-electron chi connectivity index (χ1n) is 3.25. The average molecular weight is 262 g/mol. The number of rotatable bonds is 2. The first-order valence-corrected chi connectivity index (χ1v) is 4.50. The maximum Gasteiger partial charge on any atom is 0.133 e. The van der Waals surface area contributed by atoms with Crippen molar-refractivity contribution in [3.8, 4) is 11.8 Å². The number of hydrogen-bond acceptors (Lipinski definition) is 1. The fourth-order valence-corrected chi connectivity index (χ4v) is 0.613. The molecule has 1 atom stereocenters. The van der Waals surface area contributed by atoms with Gasteiger partial charge in [0.15, 0.2) is 0 Å². The third-order valence-electron chi connectivity index (χ3n) is 1.03. The molecule has 0 aromatic rings. The lowest BCUT2D eigenvalue weighted by atomic mass is 10.2. The van der Waals surface area contributed by atoms with E-state index in [0.29, 0.717) is 6.42 Å². The van der Waals surface area contributed by atoms with Crippen LogP contribution in [0.15, 0.2) is 22.3 Å². The molecular weight excluding hydrogens is 251 g/mol. The van der Waals surface area contributed by atoms with E-state index in [1.54, 1.807) is 0 Å². The second kappa shape index (κ2) is 6.44. The van der Waals surface area contributed by atoms with Crippen molar-refractivity contribution in [2.45, 2.75) is 19.4 Å². The molecule has 0 heterocycles. The SMILES string of the molecule is C=C[C@H](O)C#CC/C(C)=C/I. The lowest BCUT2D eigenvalue weighted by Gasteiger charge is -1.90. The van der Waals surface area contributed by atoms with E-state index in [2.05, 4.69) is 41.0 Å². The number of aliphatic hydroxyl groups is 1. The Morgan fingerprint density at radius 1 is 1.82 bits per heavy atom. The largest absolute Gasteiger partial charge is 0.377 e. The van der Waals surface area contributed by atoms with Crippen molar-refractivity contribution in [1.82, 2.24) is 0 Å². The number of hydrogen-bond donors (Lipinski definition) is 1. The third-order valence-corrected chi connectivity index (χ3v) is 2.09. The Balaban J connectivity index is 3.81. The Kier molecular flexibility index (Phi) is 6.28. The molecule has 0 saturated carbocycles. The van der Waals surface area contributed by atoms with Crippen molar-refractivity contribution in [1.29, 1.82) is 0 Å². The normalized spacial score (nSPS) is 13.2. The van der Waals surface area contributed by atoms with Gasteiger partial charge in [0.25, 0.3) is 0 Å². The van der Waals surface area contributed by atoms with Crippen molar-refractivity contribution in [3.63, 3.8) is 0 Å². The van der Waals surface area contributed by atoms with Gasteiger partial charge < -0.3 is 5.11 Å². The molecule has 0 aromatic heterocycles. The van der Waals surface area contributed by atoms with Gasteiger partial charge >= 0.3 is 0 Å². The Morgan fingerprint density at radius 3 is 2.91 bits per heavy atom. The van der Waals surface area contributed by atoms with E-state index < -0.39 is 6.10 Å². The van der Waals surface area contributed by atoms with Gasteiger partial charge in [-0.05, 0) is 11.0 Å². The summed E-state index contributed by atoms with van der Waals surface area (Å²) in [6.07, 6.45) is 1.45. The number of aliphatic hydroxyl groups excluding tert-OH is 1. The molecule has 0 saturated heterocycles. The van der Waals surface area contributed by atoms with Crippen LogP contribution in [0.5, 0.6) is 0 Å². The Hall–Kier alpha value is -0.270. The van der Waals surface area contributed by atoms with Crippen molar-refractivity contribution in [2.24, 2.45) is 0 Å². The summed E-state index contributed by atoms with van der Waals surface area (Å²) in [6, 6.07) is 0. The van der Waals surface area contributed by atoms with Crippen molar-refractivity contribution >= 4 is 22.6 Å². The minimum absolute atomic E-state index is 0.683. The predicted octanol–water partition coefficient (Wildman–Crippen LogP) is 2.27. The van der Waals surface area contributed by atoms with Crippen LogP contribution in [0, 0.1) is 11.8 Å². The second-order valence-electron chi connectivity index (χ2n) is 2.13. The predicted molar refractivity (Wildman–Crippen MR) is 56.4 cm³/mol. The zero-order valence-corrected chi connectivity index (χ0v) is 8.63. The molecule has 2 heteroatoms. The lowest BCUT2D eigenvalue weighted by Crippen LogP contribution is -1.94. The van der Waals surface area contributed by atoms with Gasteiger partial charge in [-0.1, -0.05) is 52.7 Å². The maximum atomic E-state index is 8.93. The summed E-state index contributed by atoms with van der Waals surface area (Å²) in [7, 11) is 0. The smallest absolute Gasteiger partial charge is 0.133 e. The zero-order valence-electron chi connectivity index (χ0n) is 6.47. The molecule has 0 bridgehead atoms. The standard InChI is InChI=1S/C9H11IO/c1-3-9(11)6-4-5-8(2)7-10/h3,7,9,11H,1,5H2,2H3/b8-7+/t9-/m0/s1. The molecule has 60 valence electrons. The Bertz CT molecular complexity index is 207. The molecule has 1 nitrogen and oxygen atoms in total. The maximum absolute atomic E-state index is 8.93. The van der Waals surface area contributed by atoms with Gasteiger partial charge in [0.2, 0.25) is 0 Å². The molecular formula is C9H11IO. The molecule has 0 spiro atoms. The van der Waals surface area contributed by atoms with Crippen LogP contribution in [-0.4, -0.2) is 11.2 Å². The number of allylic oxidation sites excluding steroid dienone is 1. The fourth-order valence-electron chi connectivity index (χ4n) is 0.393. The van der Waals surface area contributed by atoms with Gasteiger partial charge in [0.1, 0.15) is 6.10 Å². The first-order chi connectivity index (χ1) is 5.20. The van der Waals surface area contributed by atoms with Crippen molar-refractivity contribution in [2.75, 3.05) is 0 Å². The summed E-state index contributed by atoms with van der Waals surface area (Å²) in [6.45, 7) is 5.41. The highest BCUT2D eigenvalue weighted by atomic mass is 127. The van der Waals surface area contributed by atoms with Crippen LogP contribution in [0.2, 0.25) is 0 Å². The van der Waals surface area contributed by atoms with E-state index in [1.165, 1.54) is 11.6 Å². The van der Waals surface area contributed by atoms with Crippen molar-refractivity contribution < 1.29 is 5.11 Å². The van der Waals surface area contributed by atoms with Gasteiger partial charge in [-0.3, -0.25) is 0 Å². The van der Waals surface area contributed by atoms with Gasteiger partial charge in [-0.15, -0.1) is 0 Å². The van der Waals surface area contributed by atoms with E-state index in [1.807, 2.05) is 11.0 Å². The minimum Gasteiger partial charge on any atom is -0.377 e. The second-order valence-corrected chi connectivity index (χ2v) is 2.76. The molecule has 11 heavy (non-hydrogen) atoms. The van der Waals surface area contributed by atoms with E-state index >= 15 is 0 Å². The van der Waals surface area contributed by atoms with Gasteiger partial charge in [0.05, 0.1) is 0 Å². The Morgan fingerprint density at radius 2 is 2.45 bits per heavy atom. The molecule has 0 aliphatic rings. The van der Waals surface area contributed by atoms with E-state index in [4.69, 9.17) is 5.11 Å². The highest BCUT2D eigenvalue weighted by Crippen LogP contribution is 2.01. The topological polar surface area (TPSA) is 20.2 Å². The van der Waals surface area contributed by atoms with Crippen LogP contribution in [-0.2, 0) is 0 Å². The highest BCUT2D eigenvalue weighted by Gasteiger charge is 1.86. The molecule has 1 N–H and O–H groups in total. The molecule has 0 aromatic carbocycles. The monoisotopic (exact) mass is 262 g/mol. The van der Waals surface area contributed by atoms with Gasteiger partial charge in [0, 0.05) is 6.42 Å². The minimum atomic E-state index is -0.683. The molecule has 0 rings (SSSR count). The average Bonchev–Trinajstić information content (AvgIpc) is 2.04. The molecule has 0 amide bonds. The quantitative estimate of drug-likeness (QED) is 0.460. The van der Waals surface area contributed by atoms with E-state index in [-0.39, 0.29) is 0 Å². The molecule has 0 aliphatic heterocycles. The van der Waals surface area contributed by atoms with Crippen LogP contribution in [0.25, 0.3) is 0 Å². The molecule has 0 fully saturated rings. The summed E-state index contributed by atoms with van der Waals surface area (Å²) < 4.78 is 1.98. The zero-order chi connectivity index (χ0) is 8.69. The van der Waals surface area contributed by atoms with Gasteiger partial charge in [-0.2, -0.15) is 0 Å². The summed E-state index contributed by atoms with van der Waals surface area (Å²) >= 11 is 2.17. The summed E-state index contributed by atoms with van der Waals surface area (Å²) in [5.41, 5.74) is 1.20. The third kappa shape index (κ3) is 6.14. The van der Waals surface area contributed by atoms with Crippen LogP contribution >= 0.6 is 22.6 Å².